The topological polar surface area (TPSA) is 6.48 Å². The Morgan fingerprint density at radius 1 is 0.588 bits per heavy atom. The molecule has 0 spiro atoms. The normalized spacial score (nSPS) is 13.3. The third-order valence-electron chi connectivity index (χ3n) is 10.9. The molecule has 1 aliphatic heterocycles. The molecule has 7 aromatic carbocycles. The second-order valence-corrected chi connectivity index (χ2v) is 14.3. The zero-order valence-electron chi connectivity index (χ0n) is 29.2. The lowest BCUT2D eigenvalue weighted by atomic mass is 9.82. The maximum absolute atomic E-state index is 4.64. The molecule has 0 unspecified atom stereocenters. The molecule has 0 radical (unpaired) electrons. The Morgan fingerprint density at radius 3 is 2.00 bits per heavy atom. The highest BCUT2D eigenvalue weighted by molar-refractivity contribution is 6.13. The minimum absolute atomic E-state index is 0.108. The maximum atomic E-state index is 4.64. The Hall–Kier alpha value is -6.12. The van der Waals surface area contributed by atoms with Crippen molar-refractivity contribution in [2.75, 3.05) is 9.80 Å². The predicted molar refractivity (Wildman–Crippen MR) is 218 cm³/mol. The van der Waals surface area contributed by atoms with Crippen molar-refractivity contribution in [3.63, 3.8) is 0 Å². The zero-order valence-corrected chi connectivity index (χ0v) is 29.2. The molecule has 0 amide bonds. The van der Waals surface area contributed by atoms with Crippen LogP contribution in [0.4, 0.5) is 28.4 Å². The van der Waals surface area contributed by atoms with Crippen LogP contribution in [0.2, 0.25) is 0 Å². The van der Waals surface area contributed by atoms with E-state index >= 15 is 0 Å². The molecule has 0 fully saturated rings. The van der Waals surface area contributed by atoms with Gasteiger partial charge in [0.25, 0.3) is 0 Å². The van der Waals surface area contributed by atoms with Crippen LogP contribution in [0.25, 0.3) is 44.2 Å². The number of anilines is 5. The number of nitrogens with zero attached hydrogens (tertiary/aromatic N) is 2. The van der Waals surface area contributed by atoms with E-state index in [1.165, 1.54) is 61.0 Å². The van der Waals surface area contributed by atoms with Crippen LogP contribution in [0.15, 0.2) is 177 Å². The monoisotopic (exact) mass is 656 g/mol. The fourth-order valence-corrected chi connectivity index (χ4v) is 8.37. The van der Waals surface area contributed by atoms with E-state index < -0.39 is 0 Å². The summed E-state index contributed by atoms with van der Waals surface area (Å²) < 4.78 is 0. The average molecular weight is 657 g/mol. The second kappa shape index (κ2) is 12.0. The summed E-state index contributed by atoms with van der Waals surface area (Å²) in [5, 5.41) is 2.51. The van der Waals surface area contributed by atoms with Crippen LogP contribution in [0.5, 0.6) is 0 Å². The molecule has 51 heavy (non-hydrogen) atoms. The molecule has 0 N–H and O–H groups in total. The summed E-state index contributed by atoms with van der Waals surface area (Å²) in [6.07, 6.45) is 3.68. The molecule has 0 bridgehead atoms. The summed E-state index contributed by atoms with van der Waals surface area (Å²) in [5.74, 6) is 0. The van der Waals surface area contributed by atoms with Crippen molar-refractivity contribution >= 4 is 39.2 Å². The van der Waals surface area contributed by atoms with Gasteiger partial charge in [-0.25, -0.2) is 0 Å². The number of hydrogen-bond acceptors (Lipinski definition) is 2. The Bertz CT molecular complexity index is 2480. The third kappa shape index (κ3) is 4.94. The number of hydrogen-bond donors (Lipinski definition) is 0. The Labute approximate surface area is 301 Å². The summed E-state index contributed by atoms with van der Waals surface area (Å²) in [6, 6.07) is 55.7. The molecule has 0 atom stereocenters. The smallest absolute Gasteiger partial charge is 0.0557 e. The number of benzene rings is 7. The van der Waals surface area contributed by atoms with Gasteiger partial charge in [-0.1, -0.05) is 136 Å². The molecule has 7 aromatic rings. The quantitative estimate of drug-likeness (QED) is 0.150. The standard InChI is InChI=1S/C49H40N2/c1-5-6-14-33(2)50-46-22-13-18-36-17-12-20-43(48(36)46)42-30-28-39(32-47(42)50)51(37-25-23-35(24-26-37)34-15-8-7-9-16-34)38-27-29-41-40-19-10-11-21-44(40)49(3,4)45(41)31-38/h5,7-13,15-32H,1-2,6,14H2,3-4H3. The second-order valence-electron chi connectivity index (χ2n) is 14.3. The first-order chi connectivity index (χ1) is 24.9. The van der Waals surface area contributed by atoms with Crippen LogP contribution < -0.4 is 9.80 Å². The highest BCUT2D eigenvalue weighted by atomic mass is 15.2. The van der Waals surface area contributed by atoms with Crippen molar-refractivity contribution in [1.29, 1.82) is 0 Å². The van der Waals surface area contributed by atoms with E-state index in [1.807, 2.05) is 6.08 Å². The van der Waals surface area contributed by atoms with Gasteiger partial charge >= 0.3 is 0 Å². The lowest BCUT2D eigenvalue weighted by Crippen LogP contribution is -2.20. The van der Waals surface area contributed by atoms with E-state index in [4.69, 9.17) is 0 Å². The molecule has 1 aliphatic carbocycles. The molecule has 2 heteroatoms. The number of rotatable bonds is 8. The molecule has 2 aliphatic rings. The molecular formula is C49H40N2. The van der Waals surface area contributed by atoms with Gasteiger partial charge < -0.3 is 9.80 Å². The SMILES string of the molecule is C=CCCC(=C)N1c2cc(N(c3ccc(-c4ccccc4)cc3)c3ccc4c(c3)C(C)(C)c3ccccc3-4)ccc2-c2cccc3cccc1c23. The summed E-state index contributed by atoms with van der Waals surface area (Å²) in [7, 11) is 0. The Kier molecular flexibility index (Phi) is 7.29. The van der Waals surface area contributed by atoms with E-state index in [-0.39, 0.29) is 5.41 Å². The van der Waals surface area contributed by atoms with Gasteiger partial charge in [-0.05, 0) is 99.6 Å². The molecule has 1 heterocycles. The van der Waals surface area contributed by atoms with Gasteiger partial charge in [-0.15, -0.1) is 6.58 Å². The van der Waals surface area contributed by atoms with Gasteiger partial charge in [-0.2, -0.15) is 0 Å². The largest absolute Gasteiger partial charge is 0.313 e. The van der Waals surface area contributed by atoms with Crippen LogP contribution in [0.1, 0.15) is 37.8 Å². The van der Waals surface area contributed by atoms with Gasteiger partial charge in [0.05, 0.1) is 11.4 Å². The van der Waals surface area contributed by atoms with Crippen molar-refractivity contribution < 1.29 is 0 Å². The van der Waals surface area contributed by atoms with Crippen LogP contribution in [0, 0.1) is 0 Å². The number of allylic oxidation sites excluding steroid dienone is 2. The predicted octanol–water partition coefficient (Wildman–Crippen LogP) is 13.9. The molecule has 246 valence electrons. The molecular weight excluding hydrogens is 617 g/mol. The van der Waals surface area contributed by atoms with Gasteiger partial charge in [0.2, 0.25) is 0 Å². The van der Waals surface area contributed by atoms with Crippen LogP contribution in [0.3, 0.4) is 0 Å². The molecule has 2 nitrogen and oxygen atoms in total. The summed E-state index contributed by atoms with van der Waals surface area (Å²) in [6.45, 7) is 13.4. The average Bonchev–Trinajstić information content (AvgIpc) is 3.40. The van der Waals surface area contributed by atoms with E-state index in [0.717, 1.165) is 41.3 Å². The van der Waals surface area contributed by atoms with Gasteiger partial charge in [0.15, 0.2) is 0 Å². The fourth-order valence-electron chi connectivity index (χ4n) is 8.37. The summed E-state index contributed by atoms with van der Waals surface area (Å²) >= 11 is 0. The van der Waals surface area contributed by atoms with E-state index in [9.17, 15) is 0 Å². The van der Waals surface area contributed by atoms with E-state index in [0.29, 0.717) is 0 Å². The fraction of sp³-hybridized carbons (Fsp3) is 0.102. The lowest BCUT2D eigenvalue weighted by Gasteiger charge is -2.36. The van der Waals surface area contributed by atoms with E-state index in [2.05, 4.69) is 188 Å². The van der Waals surface area contributed by atoms with Gasteiger partial charge in [-0.3, -0.25) is 0 Å². The van der Waals surface area contributed by atoms with Crippen molar-refractivity contribution in [1.82, 2.24) is 0 Å². The highest BCUT2D eigenvalue weighted by Crippen LogP contribution is 2.53. The first kappa shape index (κ1) is 30.9. The summed E-state index contributed by atoms with van der Waals surface area (Å²) in [4.78, 5) is 4.80. The first-order valence-electron chi connectivity index (χ1n) is 17.9. The lowest BCUT2D eigenvalue weighted by molar-refractivity contribution is 0.660. The first-order valence-corrected chi connectivity index (χ1v) is 17.9. The zero-order chi connectivity index (χ0) is 34.7. The molecule has 0 saturated carbocycles. The minimum Gasteiger partial charge on any atom is -0.313 e. The third-order valence-corrected chi connectivity index (χ3v) is 10.9. The summed E-state index contributed by atoms with van der Waals surface area (Å²) in [5.41, 5.74) is 16.9. The van der Waals surface area contributed by atoms with Crippen LogP contribution in [-0.2, 0) is 5.41 Å². The molecule has 0 aromatic heterocycles. The van der Waals surface area contributed by atoms with Crippen LogP contribution >= 0.6 is 0 Å². The van der Waals surface area contributed by atoms with Gasteiger partial charge in [0.1, 0.15) is 0 Å². The Morgan fingerprint density at radius 2 is 1.22 bits per heavy atom. The van der Waals surface area contributed by atoms with E-state index in [1.54, 1.807) is 0 Å². The van der Waals surface area contributed by atoms with Crippen LogP contribution in [-0.4, -0.2) is 0 Å². The molecule has 0 saturated heterocycles. The highest BCUT2D eigenvalue weighted by Gasteiger charge is 2.36. The minimum atomic E-state index is -0.108. The van der Waals surface area contributed by atoms with Crippen molar-refractivity contribution in [2.45, 2.75) is 32.1 Å². The maximum Gasteiger partial charge on any atom is 0.0557 e. The number of fused-ring (bicyclic) bond motifs is 5. The molecule has 9 rings (SSSR count). The van der Waals surface area contributed by atoms with Crippen molar-refractivity contribution in [2.24, 2.45) is 0 Å². The Balaban J connectivity index is 1.24. The van der Waals surface area contributed by atoms with Crippen molar-refractivity contribution in [3.05, 3.63) is 188 Å². The van der Waals surface area contributed by atoms with Gasteiger partial charge in [0, 0.05) is 39.1 Å². The van der Waals surface area contributed by atoms with Crippen molar-refractivity contribution in [3.8, 4) is 33.4 Å².